The van der Waals surface area contributed by atoms with Crippen molar-refractivity contribution < 1.29 is 4.39 Å². The Morgan fingerprint density at radius 1 is 0.882 bits per heavy atom. The third-order valence-electron chi connectivity index (χ3n) is 2.79. The van der Waals surface area contributed by atoms with Gasteiger partial charge in [-0.05, 0) is 29.3 Å². The molecule has 1 nitrogen and oxygen atoms in total. The molecule has 0 amide bonds. The van der Waals surface area contributed by atoms with Crippen LogP contribution in [0.15, 0.2) is 60.8 Å². The first kappa shape index (κ1) is 9.97. The number of hydrogen-bond acceptors (Lipinski definition) is 1. The fraction of sp³-hybridized carbons (Fsp3) is 0. The molecule has 3 rings (SSSR count). The van der Waals surface area contributed by atoms with E-state index in [1.165, 1.54) is 12.1 Å². The van der Waals surface area contributed by atoms with Crippen LogP contribution < -0.4 is 0 Å². The number of aromatic nitrogens is 1. The van der Waals surface area contributed by atoms with E-state index in [4.69, 9.17) is 0 Å². The first-order valence-electron chi connectivity index (χ1n) is 5.44. The summed E-state index contributed by atoms with van der Waals surface area (Å²) in [7, 11) is 0. The maximum absolute atomic E-state index is 13.1. The predicted molar refractivity (Wildman–Crippen MR) is 67.1 cm³/mol. The Labute approximate surface area is 98.6 Å². The monoisotopic (exact) mass is 223 g/mol. The van der Waals surface area contributed by atoms with Crippen molar-refractivity contribution in [1.82, 2.24) is 4.98 Å². The van der Waals surface area contributed by atoms with E-state index in [0.29, 0.717) is 5.52 Å². The minimum absolute atomic E-state index is 0.254. The number of rotatable bonds is 1. The number of benzene rings is 2. The van der Waals surface area contributed by atoms with Crippen LogP contribution in [-0.2, 0) is 0 Å². The Morgan fingerprint density at radius 3 is 2.53 bits per heavy atom. The maximum atomic E-state index is 13.1. The number of hydrogen-bond donors (Lipinski definition) is 0. The zero-order chi connectivity index (χ0) is 11.7. The van der Waals surface area contributed by atoms with Gasteiger partial charge in [0.2, 0.25) is 0 Å². The highest BCUT2D eigenvalue weighted by Crippen LogP contribution is 2.27. The van der Waals surface area contributed by atoms with Crippen LogP contribution in [0.25, 0.3) is 22.0 Å². The van der Waals surface area contributed by atoms with Gasteiger partial charge in [-0.15, -0.1) is 0 Å². The predicted octanol–water partition coefficient (Wildman–Crippen LogP) is 4.04. The molecule has 1 heterocycles. The molecular weight excluding hydrogens is 213 g/mol. The molecule has 0 N–H and O–H groups in total. The number of nitrogens with zero attached hydrogens (tertiary/aromatic N) is 1. The number of pyridine rings is 1. The normalized spacial score (nSPS) is 10.6. The van der Waals surface area contributed by atoms with E-state index in [9.17, 15) is 4.39 Å². The van der Waals surface area contributed by atoms with Crippen LogP contribution in [0.5, 0.6) is 0 Å². The van der Waals surface area contributed by atoms with Crippen molar-refractivity contribution in [2.45, 2.75) is 0 Å². The van der Waals surface area contributed by atoms with Gasteiger partial charge in [-0.1, -0.05) is 30.3 Å². The molecule has 82 valence electrons. The number of halogens is 1. The van der Waals surface area contributed by atoms with Gasteiger partial charge >= 0.3 is 0 Å². The van der Waals surface area contributed by atoms with Crippen LogP contribution in [0.3, 0.4) is 0 Å². The average molecular weight is 223 g/mol. The van der Waals surface area contributed by atoms with E-state index in [-0.39, 0.29) is 5.82 Å². The zero-order valence-electron chi connectivity index (χ0n) is 9.10. The molecule has 1 aromatic heterocycles. The van der Waals surface area contributed by atoms with Crippen LogP contribution in [0.4, 0.5) is 4.39 Å². The highest BCUT2D eigenvalue weighted by molar-refractivity contribution is 5.94. The lowest BCUT2D eigenvalue weighted by molar-refractivity contribution is 0.629. The molecule has 0 bridgehead atoms. The number of fused-ring (bicyclic) bond motifs is 1. The van der Waals surface area contributed by atoms with E-state index in [0.717, 1.165) is 16.5 Å². The highest BCUT2D eigenvalue weighted by Gasteiger charge is 2.04. The third-order valence-corrected chi connectivity index (χ3v) is 2.79. The molecule has 0 spiro atoms. The van der Waals surface area contributed by atoms with Gasteiger partial charge in [-0.2, -0.15) is 0 Å². The van der Waals surface area contributed by atoms with Crippen molar-refractivity contribution in [3.8, 4) is 11.1 Å². The van der Waals surface area contributed by atoms with Crippen molar-refractivity contribution in [3.05, 3.63) is 66.6 Å². The van der Waals surface area contributed by atoms with Crippen molar-refractivity contribution in [2.24, 2.45) is 0 Å². The Kier molecular flexibility index (Phi) is 2.33. The van der Waals surface area contributed by atoms with Crippen molar-refractivity contribution in [1.29, 1.82) is 0 Å². The fourth-order valence-electron chi connectivity index (χ4n) is 1.99. The molecule has 2 heteroatoms. The van der Waals surface area contributed by atoms with E-state index in [1.54, 1.807) is 12.3 Å². The lowest BCUT2D eigenvalue weighted by Gasteiger charge is -2.05. The topological polar surface area (TPSA) is 12.9 Å². The second-order valence-corrected chi connectivity index (χ2v) is 3.89. The van der Waals surface area contributed by atoms with Crippen LogP contribution in [0.2, 0.25) is 0 Å². The molecule has 0 atom stereocenters. The van der Waals surface area contributed by atoms with Gasteiger partial charge in [0.1, 0.15) is 5.82 Å². The van der Waals surface area contributed by atoms with Gasteiger partial charge in [0, 0.05) is 17.6 Å². The summed E-state index contributed by atoms with van der Waals surface area (Å²) in [5.41, 5.74) is 2.88. The van der Waals surface area contributed by atoms with Crippen LogP contribution >= 0.6 is 0 Å². The molecule has 0 radical (unpaired) electrons. The zero-order valence-corrected chi connectivity index (χ0v) is 9.10. The SMILES string of the molecule is Fc1ccc2c(-c3ccccc3)ccnc2c1. The molecule has 3 aromatic rings. The molecule has 2 aromatic carbocycles. The first-order chi connectivity index (χ1) is 8.34. The second kappa shape index (κ2) is 3.98. The molecule has 0 aliphatic rings. The Bertz CT molecular complexity index is 662. The van der Waals surface area contributed by atoms with E-state index in [2.05, 4.69) is 4.98 Å². The average Bonchev–Trinajstić information content (AvgIpc) is 2.39. The molecule has 0 unspecified atom stereocenters. The lowest BCUT2D eigenvalue weighted by atomic mass is 10.0. The summed E-state index contributed by atoms with van der Waals surface area (Å²) in [5.74, 6) is -0.254. The Hall–Kier alpha value is -2.22. The standard InChI is InChI=1S/C15H10FN/c16-12-6-7-14-13(8-9-17-15(14)10-12)11-4-2-1-3-5-11/h1-10H. The van der Waals surface area contributed by atoms with Crippen molar-refractivity contribution in [2.75, 3.05) is 0 Å². The summed E-state index contributed by atoms with van der Waals surface area (Å²) in [6.07, 6.45) is 1.71. The van der Waals surface area contributed by atoms with Crippen LogP contribution in [0.1, 0.15) is 0 Å². The molecule has 0 saturated heterocycles. The maximum Gasteiger partial charge on any atom is 0.125 e. The summed E-state index contributed by atoms with van der Waals surface area (Å²) in [4.78, 5) is 4.19. The van der Waals surface area contributed by atoms with Crippen molar-refractivity contribution >= 4 is 10.9 Å². The van der Waals surface area contributed by atoms with Crippen molar-refractivity contribution in [3.63, 3.8) is 0 Å². The van der Waals surface area contributed by atoms with E-state index >= 15 is 0 Å². The minimum Gasteiger partial charge on any atom is -0.256 e. The summed E-state index contributed by atoms with van der Waals surface area (Å²) in [5, 5.41) is 0.972. The Morgan fingerprint density at radius 2 is 1.71 bits per heavy atom. The fourth-order valence-corrected chi connectivity index (χ4v) is 1.99. The van der Waals surface area contributed by atoms with Gasteiger partial charge in [0.05, 0.1) is 5.52 Å². The lowest BCUT2D eigenvalue weighted by Crippen LogP contribution is -1.85. The van der Waals surface area contributed by atoms with Gasteiger partial charge in [0.15, 0.2) is 0 Å². The van der Waals surface area contributed by atoms with E-state index in [1.807, 2.05) is 36.4 Å². The summed E-state index contributed by atoms with van der Waals surface area (Å²) >= 11 is 0. The molecule has 0 aliphatic carbocycles. The van der Waals surface area contributed by atoms with E-state index < -0.39 is 0 Å². The molecule has 0 saturated carbocycles. The molecular formula is C15H10FN. The third kappa shape index (κ3) is 1.78. The largest absolute Gasteiger partial charge is 0.256 e. The molecule has 0 fully saturated rings. The summed E-state index contributed by atoms with van der Waals surface area (Å²) < 4.78 is 13.1. The first-order valence-corrected chi connectivity index (χ1v) is 5.44. The molecule has 0 aliphatic heterocycles. The van der Waals surface area contributed by atoms with Crippen LogP contribution in [-0.4, -0.2) is 4.98 Å². The van der Waals surface area contributed by atoms with Gasteiger partial charge < -0.3 is 0 Å². The van der Waals surface area contributed by atoms with Crippen LogP contribution in [0, 0.1) is 5.82 Å². The van der Waals surface area contributed by atoms with Gasteiger partial charge in [0.25, 0.3) is 0 Å². The summed E-state index contributed by atoms with van der Waals surface area (Å²) in [6.45, 7) is 0. The quantitative estimate of drug-likeness (QED) is 0.606. The Balaban J connectivity index is 2.31. The van der Waals surface area contributed by atoms with Gasteiger partial charge in [-0.25, -0.2) is 4.39 Å². The smallest absolute Gasteiger partial charge is 0.125 e. The minimum atomic E-state index is -0.254. The highest BCUT2D eigenvalue weighted by atomic mass is 19.1. The van der Waals surface area contributed by atoms with Gasteiger partial charge in [-0.3, -0.25) is 4.98 Å². The molecule has 17 heavy (non-hydrogen) atoms. The summed E-state index contributed by atoms with van der Waals surface area (Å²) in [6, 6.07) is 16.7. The second-order valence-electron chi connectivity index (χ2n) is 3.89.